The van der Waals surface area contributed by atoms with Gasteiger partial charge in [0.25, 0.3) is 0 Å². The molecule has 0 radical (unpaired) electrons. The number of likely N-dealkylation sites (N-methyl/N-ethyl adjacent to an activating group) is 1. The number of fused-ring (bicyclic) bond motifs is 1. The van der Waals surface area contributed by atoms with Crippen molar-refractivity contribution in [2.75, 3.05) is 45.2 Å². The van der Waals surface area contributed by atoms with Crippen molar-refractivity contribution in [2.24, 2.45) is 4.99 Å². The summed E-state index contributed by atoms with van der Waals surface area (Å²) in [6.45, 7) is 10.9. The van der Waals surface area contributed by atoms with Crippen molar-refractivity contribution >= 4 is 35.6 Å². The first kappa shape index (κ1) is 21.8. The van der Waals surface area contributed by atoms with Crippen molar-refractivity contribution in [1.29, 1.82) is 0 Å². The molecule has 0 saturated carbocycles. The first-order chi connectivity index (χ1) is 11.7. The summed E-state index contributed by atoms with van der Waals surface area (Å²) in [5, 5.41) is 6.70. The molecule has 2 rings (SSSR count). The van der Waals surface area contributed by atoms with Crippen LogP contribution in [0.1, 0.15) is 27.2 Å². The number of aliphatic imine (C=N–C) groups is 1. The Balaban J connectivity index is 0.00000312. The molecule has 1 aromatic carbocycles. The number of halogens is 1. The topological polar surface area (TPSA) is 58.1 Å². The number of hydrogen-bond acceptors (Lipinski definition) is 4. The van der Waals surface area contributed by atoms with Crippen LogP contribution in [0.25, 0.3) is 0 Å². The fraction of sp³-hybridized carbons (Fsp3) is 0.611. The number of nitrogens with one attached hydrogen (secondary N) is 2. The maximum atomic E-state index is 5.73. The number of hydrogen-bond donors (Lipinski definition) is 2. The molecule has 0 aliphatic carbocycles. The smallest absolute Gasteiger partial charge is 0.195 e. The molecular weight excluding hydrogens is 431 g/mol. The number of ether oxygens (including phenoxy) is 2. The van der Waals surface area contributed by atoms with E-state index in [1.165, 1.54) is 0 Å². The summed E-state index contributed by atoms with van der Waals surface area (Å²) >= 11 is 0. The van der Waals surface area contributed by atoms with Gasteiger partial charge in [-0.05, 0) is 32.1 Å². The maximum absolute atomic E-state index is 5.73. The fourth-order valence-corrected chi connectivity index (χ4v) is 2.78. The summed E-state index contributed by atoms with van der Waals surface area (Å²) in [6, 6.07) is 6.33. The van der Waals surface area contributed by atoms with Gasteiger partial charge in [-0.3, -0.25) is 9.89 Å². The minimum atomic E-state index is 0. The van der Waals surface area contributed by atoms with Crippen LogP contribution in [0.2, 0.25) is 0 Å². The third-order valence-electron chi connectivity index (χ3n) is 4.23. The van der Waals surface area contributed by atoms with E-state index in [9.17, 15) is 0 Å². The maximum Gasteiger partial charge on any atom is 0.195 e. The molecule has 1 unspecified atom stereocenters. The molecule has 1 aromatic rings. The zero-order valence-electron chi connectivity index (χ0n) is 15.7. The molecule has 0 bridgehead atoms. The molecule has 0 saturated heterocycles. The van der Waals surface area contributed by atoms with Crippen LogP contribution in [-0.2, 0) is 0 Å². The second-order valence-corrected chi connectivity index (χ2v) is 5.86. The molecular formula is C18H31IN4O2. The average Bonchev–Trinajstić information content (AvgIpc) is 2.84. The molecule has 0 fully saturated rings. The Labute approximate surface area is 168 Å². The summed E-state index contributed by atoms with van der Waals surface area (Å²) in [7, 11) is 1.78. The van der Waals surface area contributed by atoms with Crippen LogP contribution in [0.3, 0.4) is 0 Å². The minimum absolute atomic E-state index is 0. The summed E-state index contributed by atoms with van der Waals surface area (Å²) < 4.78 is 11.4. The second-order valence-electron chi connectivity index (χ2n) is 5.86. The summed E-state index contributed by atoms with van der Waals surface area (Å²) in [4.78, 5) is 6.71. The summed E-state index contributed by atoms with van der Waals surface area (Å²) in [5.74, 6) is 2.34. The van der Waals surface area contributed by atoms with Crippen LogP contribution < -0.4 is 20.1 Å². The highest BCUT2D eigenvalue weighted by atomic mass is 127. The Bertz CT molecular complexity index is 550. The van der Waals surface area contributed by atoms with Gasteiger partial charge in [0.15, 0.2) is 17.5 Å². The van der Waals surface area contributed by atoms with Gasteiger partial charge in [0.05, 0.1) is 13.2 Å². The first-order valence-electron chi connectivity index (χ1n) is 8.79. The van der Waals surface area contributed by atoms with Crippen LogP contribution in [0.15, 0.2) is 23.2 Å². The standard InChI is InChI=1S/C18H30N4O2.HI/c1-5-22(6-2)14(3)13-20-18(19-4)21-15-8-9-16-17(12-15)24-11-7-10-23-16;/h8-9,12,14H,5-7,10-11,13H2,1-4H3,(H2,19,20,21);1H. The minimum Gasteiger partial charge on any atom is -0.490 e. The van der Waals surface area contributed by atoms with Gasteiger partial charge < -0.3 is 20.1 Å². The molecule has 1 heterocycles. The summed E-state index contributed by atoms with van der Waals surface area (Å²) in [5.41, 5.74) is 0.933. The third kappa shape index (κ3) is 6.54. The van der Waals surface area contributed by atoms with Crippen molar-refractivity contribution < 1.29 is 9.47 Å². The third-order valence-corrected chi connectivity index (χ3v) is 4.23. The van der Waals surface area contributed by atoms with Gasteiger partial charge in [0, 0.05) is 37.8 Å². The Hall–Kier alpha value is -1.22. The van der Waals surface area contributed by atoms with Gasteiger partial charge in [-0.15, -0.1) is 24.0 Å². The Morgan fingerprint density at radius 3 is 2.52 bits per heavy atom. The van der Waals surface area contributed by atoms with E-state index in [4.69, 9.17) is 9.47 Å². The molecule has 1 atom stereocenters. The van der Waals surface area contributed by atoms with E-state index in [1.807, 2.05) is 18.2 Å². The van der Waals surface area contributed by atoms with E-state index in [0.29, 0.717) is 19.3 Å². The average molecular weight is 462 g/mol. The summed E-state index contributed by atoms with van der Waals surface area (Å²) in [6.07, 6.45) is 0.907. The molecule has 6 nitrogen and oxygen atoms in total. The molecule has 25 heavy (non-hydrogen) atoms. The largest absolute Gasteiger partial charge is 0.490 e. The second kappa shape index (κ2) is 11.4. The van der Waals surface area contributed by atoms with Crippen molar-refractivity contribution in [3.63, 3.8) is 0 Å². The van der Waals surface area contributed by atoms with Gasteiger partial charge in [0.2, 0.25) is 0 Å². The Morgan fingerprint density at radius 2 is 1.88 bits per heavy atom. The number of nitrogens with zero attached hydrogens (tertiary/aromatic N) is 2. The molecule has 0 amide bonds. The quantitative estimate of drug-likeness (QED) is 0.387. The lowest BCUT2D eigenvalue weighted by atomic mass is 10.2. The fourth-order valence-electron chi connectivity index (χ4n) is 2.78. The monoisotopic (exact) mass is 462 g/mol. The Kier molecular flexibility index (Phi) is 9.96. The lowest BCUT2D eigenvalue weighted by Gasteiger charge is -2.27. The molecule has 7 heteroatoms. The molecule has 142 valence electrons. The van der Waals surface area contributed by atoms with Crippen molar-refractivity contribution in [3.05, 3.63) is 18.2 Å². The van der Waals surface area contributed by atoms with E-state index < -0.39 is 0 Å². The number of benzene rings is 1. The highest BCUT2D eigenvalue weighted by Crippen LogP contribution is 2.32. The molecule has 1 aliphatic heterocycles. The van der Waals surface area contributed by atoms with Gasteiger partial charge in [-0.25, -0.2) is 0 Å². The van der Waals surface area contributed by atoms with Crippen molar-refractivity contribution in [2.45, 2.75) is 33.2 Å². The molecule has 2 N–H and O–H groups in total. The molecule has 0 aromatic heterocycles. The predicted molar refractivity (Wildman–Crippen MR) is 115 cm³/mol. The van der Waals surface area contributed by atoms with E-state index in [-0.39, 0.29) is 24.0 Å². The zero-order valence-corrected chi connectivity index (χ0v) is 18.0. The van der Waals surface area contributed by atoms with Crippen LogP contribution >= 0.6 is 24.0 Å². The number of anilines is 1. The van der Waals surface area contributed by atoms with Crippen LogP contribution in [0.5, 0.6) is 11.5 Å². The molecule has 0 spiro atoms. The van der Waals surface area contributed by atoms with E-state index in [1.54, 1.807) is 7.05 Å². The normalized spacial score (nSPS) is 15.2. The van der Waals surface area contributed by atoms with Crippen LogP contribution in [0.4, 0.5) is 5.69 Å². The molecule has 1 aliphatic rings. The van der Waals surface area contributed by atoms with E-state index in [0.717, 1.165) is 49.2 Å². The van der Waals surface area contributed by atoms with Crippen molar-refractivity contribution in [1.82, 2.24) is 10.2 Å². The van der Waals surface area contributed by atoms with Crippen LogP contribution in [-0.4, -0.2) is 56.8 Å². The highest BCUT2D eigenvalue weighted by molar-refractivity contribution is 14.0. The highest BCUT2D eigenvalue weighted by Gasteiger charge is 2.13. The van der Waals surface area contributed by atoms with Gasteiger partial charge in [-0.2, -0.15) is 0 Å². The lowest BCUT2D eigenvalue weighted by Crippen LogP contribution is -2.43. The van der Waals surface area contributed by atoms with E-state index >= 15 is 0 Å². The van der Waals surface area contributed by atoms with Crippen molar-refractivity contribution in [3.8, 4) is 11.5 Å². The SMILES string of the molecule is CCN(CC)C(C)CNC(=NC)Nc1ccc2c(c1)OCCCO2.I. The number of rotatable bonds is 6. The Morgan fingerprint density at radius 1 is 1.20 bits per heavy atom. The van der Waals surface area contributed by atoms with E-state index in [2.05, 4.69) is 41.3 Å². The number of guanidine groups is 1. The van der Waals surface area contributed by atoms with Crippen LogP contribution in [0, 0.1) is 0 Å². The van der Waals surface area contributed by atoms with Gasteiger partial charge in [-0.1, -0.05) is 13.8 Å². The lowest BCUT2D eigenvalue weighted by molar-refractivity contribution is 0.232. The first-order valence-corrected chi connectivity index (χ1v) is 8.79. The van der Waals surface area contributed by atoms with Gasteiger partial charge in [0.1, 0.15) is 0 Å². The van der Waals surface area contributed by atoms with Gasteiger partial charge >= 0.3 is 0 Å². The zero-order chi connectivity index (χ0) is 17.4. The predicted octanol–water partition coefficient (Wildman–Crippen LogP) is 3.18.